The van der Waals surface area contributed by atoms with Crippen molar-refractivity contribution in [2.24, 2.45) is 5.41 Å². The molecule has 0 aliphatic carbocycles. The predicted octanol–water partition coefficient (Wildman–Crippen LogP) is 6.22. The summed E-state index contributed by atoms with van der Waals surface area (Å²) in [5.41, 5.74) is 5.18. The van der Waals surface area contributed by atoms with Gasteiger partial charge in [0.15, 0.2) is 0 Å². The zero-order valence-corrected chi connectivity index (χ0v) is 17.6. The zero-order valence-electron chi connectivity index (χ0n) is 17.6. The number of allylic oxidation sites excluding steroid dienone is 4. The summed E-state index contributed by atoms with van der Waals surface area (Å²) < 4.78 is 11.1. The van der Waals surface area contributed by atoms with E-state index < -0.39 is 0 Å². The average molecular weight is 389 g/mol. The summed E-state index contributed by atoms with van der Waals surface area (Å²) in [6, 6.07) is 16.6. The highest BCUT2D eigenvalue weighted by Gasteiger charge is 2.23. The molecule has 0 saturated heterocycles. The lowest BCUT2D eigenvalue weighted by Gasteiger charge is -2.18. The lowest BCUT2D eigenvalue weighted by molar-refractivity contribution is -0.137. The lowest BCUT2D eigenvalue weighted by Crippen LogP contribution is -2.17. The molecule has 29 heavy (non-hydrogen) atoms. The van der Waals surface area contributed by atoms with E-state index in [1.165, 1.54) is 11.6 Å². The van der Waals surface area contributed by atoms with E-state index in [4.69, 9.17) is 9.47 Å². The largest absolute Gasteiger partial charge is 0.492 e. The minimum atomic E-state index is -0.320. The van der Waals surface area contributed by atoms with E-state index in [2.05, 4.69) is 50.3 Å². The van der Waals surface area contributed by atoms with Crippen molar-refractivity contribution in [3.05, 3.63) is 84.0 Å². The second kappa shape index (κ2) is 8.95. The molecule has 3 nitrogen and oxygen atoms in total. The Balaban J connectivity index is 2.00. The van der Waals surface area contributed by atoms with Crippen molar-refractivity contribution >= 4 is 11.5 Å². The van der Waals surface area contributed by atoms with Crippen molar-refractivity contribution in [1.82, 2.24) is 0 Å². The van der Waals surface area contributed by atoms with Crippen LogP contribution in [0.3, 0.4) is 0 Å². The Morgan fingerprint density at radius 1 is 1.14 bits per heavy atom. The molecule has 0 radical (unpaired) electrons. The first-order valence-electron chi connectivity index (χ1n) is 9.96. The minimum Gasteiger partial charge on any atom is -0.492 e. The first-order chi connectivity index (χ1) is 13.9. The third-order valence-electron chi connectivity index (χ3n) is 4.70. The van der Waals surface area contributed by atoms with Crippen LogP contribution in [0.25, 0.3) is 16.7 Å². The van der Waals surface area contributed by atoms with E-state index in [1.807, 2.05) is 37.3 Å². The molecule has 0 aromatic heterocycles. The molecule has 2 aromatic carbocycles. The Morgan fingerprint density at radius 2 is 1.90 bits per heavy atom. The molecule has 1 aliphatic rings. The smallest absolute Gasteiger partial charge is 0.330 e. The van der Waals surface area contributed by atoms with Gasteiger partial charge in [0.1, 0.15) is 5.75 Å². The van der Waals surface area contributed by atoms with Crippen molar-refractivity contribution in [2.45, 2.75) is 27.7 Å². The van der Waals surface area contributed by atoms with E-state index in [0.29, 0.717) is 13.2 Å². The fraction of sp³-hybridized carbons (Fsp3) is 0.269. The monoisotopic (exact) mass is 388 g/mol. The van der Waals surface area contributed by atoms with Crippen LogP contribution in [0, 0.1) is 5.41 Å². The highest BCUT2D eigenvalue weighted by Crippen LogP contribution is 2.38. The van der Waals surface area contributed by atoms with Crippen molar-refractivity contribution in [3.63, 3.8) is 0 Å². The zero-order chi connectivity index (χ0) is 20.9. The Labute approximate surface area is 173 Å². The predicted molar refractivity (Wildman–Crippen MR) is 119 cm³/mol. The van der Waals surface area contributed by atoms with Crippen LogP contribution in [-0.2, 0) is 9.53 Å². The Morgan fingerprint density at radius 3 is 2.62 bits per heavy atom. The third-order valence-corrected chi connectivity index (χ3v) is 4.70. The van der Waals surface area contributed by atoms with Crippen molar-refractivity contribution in [1.29, 1.82) is 0 Å². The quantitative estimate of drug-likeness (QED) is 0.346. The minimum absolute atomic E-state index is 0.107. The third kappa shape index (κ3) is 5.47. The molecule has 0 amide bonds. The summed E-state index contributed by atoms with van der Waals surface area (Å²) in [4.78, 5) is 11.7. The van der Waals surface area contributed by atoms with Gasteiger partial charge >= 0.3 is 5.97 Å². The van der Waals surface area contributed by atoms with Crippen molar-refractivity contribution < 1.29 is 14.3 Å². The summed E-state index contributed by atoms with van der Waals surface area (Å²) in [6.07, 6.45) is 7.75. The van der Waals surface area contributed by atoms with Crippen LogP contribution >= 0.6 is 0 Å². The van der Waals surface area contributed by atoms with Crippen LogP contribution in [-0.4, -0.2) is 19.2 Å². The van der Waals surface area contributed by atoms with Gasteiger partial charge in [0.2, 0.25) is 0 Å². The first kappa shape index (κ1) is 20.7. The fourth-order valence-electron chi connectivity index (χ4n) is 3.27. The topological polar surface area (TPSA) is 35.5 Å². The van der Waals surface area contributed by atoms with Crippen LogP contribution in [0.2, 0.25) is 0 Å². The highest BCUT2D eigenvalue weighted by molar-refractivity contribution is 5.85. The van der Waals surface area contributed by atoms with Crippen LogP contribution in [0.4, 0.5) is 0 Å². The van der Waals surface area contributed by atoms with E-state index in [1.54, 1.807) is 6.92 Å². The van der Waals surface area contributed by atoms with Crippen molar-refractivity contribution in [3.8, 4) is 16.9 Å². The van der Waals surface area contributed by atoms with Crippen LogP contribution < -0.4 is 4.74 Å². The first-order valence-corrected chi connectivity index (χ1v) is 9.96. The standard InChI is InChI=1S/C26H28O3/c1-5-28-25(27)15-19(2)11-12-22-17-26(3,4)18-29-24-14-13-21(16-23(22)24)20-9-7-6-8-10-20/h6-17H,5,18H2,1-4H3. The Kier molecular flexibility index (Phi) is 6.38. The Hall–Kier alpha value is -3.07. The average Bonchev–Trinajstić information content (AvgIpc) is 2.83. The maximum absolute atomic E-state index is 11.7. The molecule has 3 heteroatoms. The number of esters is 1. The lowest BCUT2D eigenvalue weighted by atomic mass is 9.89. The molecular weight excluding hydrogens is 360 g/mol. The maximum atomic E-state index is 11.7. The molecule has 0 saturated carbocycles. The SMILES string of the molecule is CCOC(=O)C=C(C)C=CC1=CC(C)(C)COc2ccc(-c3ccccc3)cc21. The van der Waals surface area contributed by atoms with Gasteiger partial charge < -0.3 is 9.47 Å². The fourth-order valence-corrected chi connectivity index (χ4v) is 3.27. The van der Waals surface area contributed by atoms with Gasteiger partial charge in [0.05, 0.1) is 13.2 Å². The molecule has 1 heterocycles. The number of fused-ring (bicyclic) bond motifs is 1. The molecule has 0 unspecified atom stereocenters. The molecule has 1 aliphatic heterocycles. The molecular formula is C26H28O3. The molecule has 150 valence electrons. The molecule has 0 spiro atoms. The molecule has 2 aromatic rings. The second-order valence-corrected chi connectivity index (χ2v) is 7.93. The molecule has 0 N–H and O–H groups in total. The normalized spacial score (nSPS) is 15.9. The van der Waals surface area contributed by atoms with Gasteiger partial charge in [-0.05, 0) is 48.3 Å². The van der Waals surface area contributed by atoms with E-state index >= 15 is 0 Å². The van der Waals surface area contributed by atoms with Gasteiger partial charge in [0, 0.05) is 17.1 Å². The van der Waals surface area contributed by atoms with E-state index in [-0.39, 0.29) is 11.4 Å². The van der Waals surface area contributed by atoms with Gasteiger partial charge in [-0.15, -0.1) is 0 Å². The summed E-state index contributed by atoms with van der Waals surface area (Å²) in [5.74, 6) is 0.554. The molecule has 3 rings (SSSR count). The van der Waals surface area contributed by atoms with Crippen molar-refractivity contribution in [2.75, 3.05) is 13.2 Å². The molecule has 0 fully saturated rings. The van der Waals surface area contributed by atoms with Crippen LogP contribution in [0.5, 0.6) is 5.75 Å². The molecule has 0 atom stereocenters. The number of hydrogen-bond donors (Lipinski definition) is 0. The van der Waals surface area contributed by atoms with Crippen LogP contribution in [0.15, 0.2) is 78.4 Å². The van der Waals surface area contributed by atoms with Gasteiger partial charge in [-0.2, -0.15) is 0 Å². The number of benzene rings is 2. The number of carbonyl (C=O) groups excluding carboxylic acids is 1. The van der Waals surface area contributed by atoms with Gasteiger partial charge in [-0.25, -0.2) is 4.79 Å². The van der Waals surface area contributed by atoms with E-state index in [0.717, 1.165) is 28.0 Å². The molecule has 0 bridgehead atoms. The number of rotatable bonds is 5. The summed E-state index contributed by atoms with van der Waals surface area (Å²) in [5, 5.41) is 0. The maximum Gasteiger partial charge on any atom is 0.330 e. The number of ether oxygens (including phenoxy) is 2. The second-order valence-electron chi connectivity index (χ2n) is 7.93. The Bertz CT molecular complexity index is 963. The summed E-state index contributed by atoms with van der Waals surface area (Å²) in [7, 11) is 0. The summed E-state index contributed by atoms with van der Waals surface area (Å²) >= 11 is 0. The summed E-state index contributed by atoms with van der Waals surface area (Å²) in [6.45, 7) is 9.00. The van der Waals surface area contributed by atoms with Gasteiger partial charge in [-0.1, -0.05) is 68.5 Å². The number of hydrogen-bond acceptors (Lipinski definition) is 3. The van der Waals surface area contributed by atoms with Gasteiger partial charge in [-0.3, -0.25) is 0 Å². The van der Waals surface area contributed by atoms with E-state index in [9.17, 15) is 4.79 Å². The van der Waals surface area contributed by atoms with Crippen LogP contribution in [0.1, 0.15) is 33.3 Å². The van der Waals surface area contributed by atoms with Gasteiger partial charge in [0.25, 0.3) is 0 Å². The highest BCUT2D eigenvalue weighted by atomic mass is 16.5. The number of carbonyl (C=O) groups is 1.